The summed E-state index contributed by atoms with van der Waals surface area (Å²) in [5.41, 5.74) is 7.61. The van der Waals surface area contributed by atoms with E-state index >= 15 is 0 Å². The highest BCUT2D eigenvalue weighted by Crippen LogP contribution is 2.17. The van der Waals surface area contributed by atoms with Gasteiger partial charge in [-0.3, -0.25) is 0 Å². The van der Waals surface area contributed by atoms with Crippen LogP contribution in [0.4, 0.5) is 5.82 Å². The first kappa shape index (κ1) is 9.07. The molecule has 0 fully saturated rings. The lowest BCUT2D eigenvalue weighted by atomic mass is 10.1. The number of nitrogens with zero attached hydrogens (tertiary/aromatic N) is 1. The lowest BCUT2D eigenvalue weighted by molar-refractivity contribution is 1.13. The normalized spacial score (nSPS) is 9.83. The molecule has 0 saturated heterocycles. The number of hydrogen-bond donors (Lipinski definition) is 1. The molecular weight excluding hydrogens is 172 g/mol. The molecule has 0 unspecified atom stereocenters. The van der Waals surface area contributed by atoms with E-state index in [1.807, 2.05) is 13.0 Å². The van der Waals surface area contributed by atoms with Crippen molar-refractivity contribution in [3.63, 3.8) is 0 Å². The Kier molecular flexibility index (Phi) is 2.71. The van der Waals surface area contributed by atoms with Crippen molar-refractivity contribution in [3.8, 4) is 0 Å². The number of halogens is 1. The van der Waals surface area contributed by atoms with Crippen LogP contribution in [0.25, 0.3) is 0 Å². The van der Waals surface area contributed by atoms with Gasteiger partial charge in [-0.15, -0.1) is 0 Å². The third-order valence-electron chi connectivity index (χ3n) is 1.46. The molecule has 64 valence electrons. The molecule has 2 nitrogen and oxygen atoms in total. The van der Waals surface area contributed by atoms with Crippen LogP contribution in [-0.4, -0.2) is 4.98 Å². The van der Waals surface area contributed by atoms with Crippen LogP contribution in [0.15, 0.2) is 24.4 Å². The number of nitrogens with two attached hydrogens (primary N) is 1. The number of aromatic nitrogens is 1. The van der Waals surface area contributed by atoms with E-state index in [2.05, 4.69) is 11.6 Å². The van der Waals surface area contributed by atoms with E-state index in [4.69, 9.17) is 17.3 Å². The van der Waals surface area contributed by atoms with Gasteiger partial charge in [0.05, 0.1) is 5.02 Å². The lowest BCUT2D eigenvalue weighted by Gasteiger charge is -2.03. The van der Waals surface area contributed by atoms with Gasteiger partial charge >= 0.3 is 0 Å². The van der Waals surface area contributed by atoms with Crippen molar-refractivity contribution in [2.24, 2.45) is 0 Å². The van der Waals surface area contributed by atoms with Gasteiger partial charge in [0.2, 0.25) is 0 Å². The summed E-state index contributed by atoms with van der Waals surface area (Å²) in [6.07, 6.45) is 2.28. The highest BCUT2D eigenvalue weighted by Gasteiger charge is 2.01. The first-order valence-corrected chi connectivity index (χ1v) is 4.01. The lowest BCUT2D eigenvalue weighted by Crippen LogP contribution is -1.97. The Balaban J connectivity index is 2.97. The summed E-state index contributed by atoms with van der Waals surface area (Å²) in [5, 5.41) is 0.612. The van der Waals surface area contributed by atoms with Crippen molar-refractivity contribution in [3.05, 3.63) is 35.0 Å². The topological polar surface area (TPSA) is 38.9 Å². The Labute approximate surface area is 77.1 Å². The molecule has 0 aromatic carbocycles. The molecule has 0 aliphatic rings. The van der Waals surface area contributed by atoms with Crippen molar-refractivity contribution >= 4 is 17.4 Å². The van der Waals surface area contributed by atoms with Gasteiger partial charge in [0.15, 0.2) is 0 Å². The van der Waals surface area contributed by atoms with Gasteiger partial charge in [0.25, 0.3) is 0 Å². The van der Waals surface area contributed by atoms with Gasteiger partial charge < -0.3 is 5.73 Å². The van der Waals surface area contributed by atoms with Gasteiger partial charge in [0.1, 0.15) is 5.82 Å². The Hall–Kier alpha value is -1.02. The molecule has 0 radical (unpaired) electrons. The number of rotatable bonds is 2. The largest absolute Gasteiger partial charge is 0.383 e. The summed E-state index contributed by atoms with van der Waals surface area (Å²) in [6, 6.07) is 1.82. The van der Waals surface area contributed by atoms with E-state index in [1.165, 1.54) is 0 Å². The molecule has 0 aliphatic carbocycles. The molecule has 1 heterocycles. The molecule has 3 heteroatoms. The minimum absolute atomic E-state index is 0.530. The van der Waals surface area contributed by atoms with Crippen LogP contribution in [0, 0.1) is 0 Å². The third kappa shape index (κ3) is 2.24. The zero-order valence-electron chi connectivity index (χ0n) is 6.97. The van der Waals surface area contributed by atoms with Crippen molar-refractivity contribution < 1.29 is 0 Å². The molecule has 1 aromatic rings. The maximum Gasteiger partial charge on any atom is 0.126 e. The van der Waals surface area contributed by atoms with E-state index in [0.29, 0.717) is 10.8 Å². The van der Waals surface area contributed by atoms with Crippen LogP contribution in [-0.2, 0) is 6.42 Å². The number of nitrogen functional groups attached to an aromatic ring is 1. The number of hydrogen-bond acceptors (Lipinski definition) is 2. The molecule has 0 aliphatic heterocycles. The molecular formula is C9H11ClN2. The summed E-state index contributed by atoms with van der Waals surface area (Å²) < 4.78 is 0. The Morgan fingerprint density at radius 2 is 2.42 bits per heavy atom. The maximum atomic E-state index is 5.75. The van der Waals surface area contributed by atoms with Gasteiger partial charge in [-0.25, -0.2) is 4.98 Å². The summed E-state index contributed by atoms with van der Waals surface area (Å²) >= 11 is 5.75. The van der Waals surface area contributed by atoms with E-state index in [9.17, 15) is 0 Å². The van der Waals surface area contributed by atoms with Crippen molar-refractivity contribution in [2.45, 2.75) is 13.3 Å². The second-order valence-corrected chi connectivity index (χ2v) is 3.27. The minimum Gasteiger partial charge on any atom is -0.383 e. The zero-order valence-corrected chi connectivity index (χ0v) is 7.73. The molecule has 0 bridgehead atoms. The van der Waals surface area contributed by atoms with E-state index in [1.54, 1.807) is 6.20 Å². The monoisotopic (exact) mass is 182 g/mol. The average Bonchev–Trinajstić information content (AvgIpc) is 1.96. The highest BCUT2D eigenvalue weighted by molar-refractivity contribution is 6.30. The smallest absolute Gasteiger partial charge is 0.126 e. The molecule has 1 rings (SSSR count). The van der Waals surface area contributed by atoms with Crippen molar-refractivity contribution in [1.82, 2.24) is 4.98 Å². The van der Waals surface area contributed by atoms with Gasteiger partial charge in [-0.2, -0.15) is 0 Å². The quantitative estimate of drug-likeness (QED) is 0.714. The predicted molar refractivity (Wildman–Crippen MR) is 52.2 cm³/mol. The van der Waals surface area contributed by atoms with Gasteiger partial charge in [0, 0.05) is 6.20 Å². The van der Waals surface area contributed by atoms with Crippen LogP contribution < -0.4 is 5.73 Å². The predicted octanol–water partition coefficient (Wildman–Crippen LogP) is 2.44. The van der Waals surface area contributed by atoms with Gasteiger partial charge in [-0.1, -0.05) is 23.8 Å². The fraction of sp³-hybridized carbons (Fsp3) is 0.222. The van der Waals surface area contributed by atoms with Crippen molar-refractivity contribution in [1.29, 1.82) is 0 Å². The summed E-state index contributed by atoms with van der Waals surface area (Å²) in [4.78, 5) is 3.94. The minimum atomic E-state index is 0.530. The van der Waals surface area contributed by atoms with Crippen LogP contribution in [0.2, 0.25) is 5.02 Å². The zero-order chi connectivity index (χ0) is 9.14. The van der Waals surface area contributed by atoms with E-state index < -0.39 is 0 Å². The third-order valence-corrected chi connectivity index (χ3v) is 1.67. The number of allylic oxidation sites excluding steroid dienone is 1. The second kappa shape index (κ2) is 3.59. The maximum absolute atomic E-state index is 5.75. The second-order valence-electron chi connectivity index (χ2n) is 2.83. The summed E-state index contributed by atoms with van der Waals surface area (Å²) in [5.74, 6) is 0.530. The SMILES string of the molecule is C=C(C)Cc1cc(Cl)cnc1N. The fourth-order valence-electron chi connectivity index (χ4n) is 0.958. The highest BCUT2D eigenvalue weighted by atomic mass is 35.5. The molecule has 0 spiro atoms. The molecule has 1 aromatic heterocycles. The summed E-state index contributed by atoms with van der Waals surface area (Å²) in [7, 11) is 0. The van der Waals surface area contributed by atoms with Crippen LogP contribution in [0.3, 0.4) is 0 Å². The first-order valence-electron chi connectivity index (χ1n) is 3.64. The molecule has 0 saturated carbocycles. The molecule has 0 amide bonds. The van der Waals surface area contributed by atoms with E-state index in [0.717, 1.165) is 17.6 Å². The number of anilines is 1. The van der Waals surface area contributed by atoms with Crippen LogP contribution in [0.1, 0.15) is 12.5 Å². The average molecular weight is 183 g/mol. The van der Waals surface area contributed by atoms with Crippen LogP contribution >= 0.6 is 11.6 Å². The Morgan fingerprint density at radius 3 is 3.00 bits per heavy atom. The molecule has 2 N–H and O–H groups in total. The molecule has 12 heavy (non-hydrogen) atoms. The van der Waals surface area contributed by atoms with E-state index in [-0.39, 0.29) is 0 Å². The number of pyridine rings is 1. The van der Waals surface area contributed by atoms with Crippen molar-refractivity contribution in [2.75, 3.05) is 5.73 Å². The first-order chi connectivity index (χ1) is 5.59. The summed E-state index contributed by atoms with van der Waals surface area (Å²) in [6.45, 7) is 5.74. The Bertz CT molecular complexity index is 307. The van der Waals surface area contributed by atoms with Gasteiger partial charge in [-0.05, 0) is 25.0 Å². The standard InChI is InChI=1S/C9H11ClN2/c1-6(2)3-7-4-8(10)5-12-9(7)11/h4-5H,1,3H2,2H3,(H2,11,12). The molecule has 0 atom stereocenters. The fourth-order valence-corrected chi connectivity index (χ4v) is 1.14. The van der Waals surface area contributed by atoms with Crippen LogP contribution in [0.5, 0.6) is 0 Å². The Morgan fingerprint density at radius 1 is 1.75 bits per heavy atom.